The minimum Gasteiger partial charge on any atom is -0.310 e. The van der Waals surface area contributed by atoms with Crippen LogP contribution in [-0.4, -0.2) is 20.7 Å². The van der Waals surface area contributed by atoms with E-state index < -0.39 is 0 Å². The molecule has 2 heterocycles. The second-order valence-electron chi connectivity index (χ2n) is 7.89. The highest BCUT2D eigenvalue weighted by molar-refractivity contribution is 7.20. The summed E-state index contributed by atoms with van der Waals surface area (Å²) in [6.07, 6.45) is 0.299. The van der Waals surface area contributed by atoms with E-state index in [4.69, 9.17) is 4.98 Å². The maximum absolute atomic E-state index is 12.8. The van der Waals surface area contributed by atoms with E-state index in [1.54, 1.807) is 16.0 Å². The number of carbonyl (C=O) groups excluding carboxylic acids is 1. The molecule has 5 nitrogen and oxygen atoms in total. The molecule has 154 valence electrons. The number of anilines is 1. The minimum absolute atomic E-state index is 0.0794. The van der Waals surface area contributed by atoms with Gasteiger partial charge >= 0.3 is 0 Å². The first kappa shape index (κ1) is 19.5. The van der Waals surface area contributed by atoms with Gasteiger partial charge in [-0.3, -0.25) is 4.79 Å². The lowest BCUT2D eigenvalue weighted by molar-refractivity contribution is -0.115. The molecule has 0 aliphatic heterocycles. The van der Waals surface area contributed by atoms with E-state index in [0.29, 0.717) is 12.2 Å². The number of aromatic nitrogens is 3. The van der Waals surface area contributed by atoms with Gasteiger partial charge < -0.3 is 5.32 Å². The molecule has 0 radical (unpaired) electrons. The lowest BCUT2D eigenvalue weighted by Gasteiger charge is -2.07. The molecule has 3 aromatic carbocycles. The van der Waals surface area contributed by atoms with E-state index >= 15 is 0 Å². The largest absolute Gasteiger partial charge is 0.310 e. The van der Waals surface area contributed by atoms with E-state index in [1.807, 2.05) is 31.2 Å². The van der Waals surface area contributed by atoms with E-state index in [9.17, 15) is 4.79 Å². The first-order chi connectivity index (χ1) is 15.0. The zero-order valence-electron chi connectivity index (χ0n) is 17.6. The van der Waals surface area contributed by atoms with Crippen LogP contribution in [0.3, 0.4) is 0 Å². The number of carbonyl (C=O) groups is 1. The van der Waals surface area contributed by atoms with Gasteiger partial charge in [0.25, 0.3) is 0 Å². The Morgan fingerprint density at radius 1 is 0.968 bits per heavy atom. The number of nitrogens with one attached hydrogen (secondary N) is 1. The van der Waals surface area contributed by atoms with Crippen LogP contribution < -0.4 is 5.32 Å². The van der Waals surface area contributed by atoms with Crippen molar-refractivity contribution in [3.05, 3.63) is 83.0 Å². The molecule has 1 N–H and O–H groups in total. The Morgan fingerprint density at radius 3 is 2.58 bits per heavy atom. The quantitative estimate of drug-likeness (QED) is 0.398. The van der Waals surface area contributed by atoms with Crippen LogP contribution in [0.25, 0.3) is 26.1 Å². The van der Waals surface area contributed by atoms with Gasteiger partial charge in [-0.1, -0.05) is 53.8 Å². The topological polar surface area (TPSA) is 59.8 Å². The normalized spacial score (nSPS) is 11.3. The van der Waals surface area contributed by atoms with Gasteiger partial charge in [0.05, 0.1) is 22.3 Å². The Balaban J connectivity index is 1.41. The van der Waals surface area contributed by atoms with Gasteiger partial charge in [-0.2, -0.15) is 9.78 Å². The Labute approximate surface area is 184 Å². The molecule has 0 aliphatic rings. The number of amides is 1. The highest BCUT2D eigenvalue weighted by Crippen LogP contribution is 2.29. The number of rotatable bonds is 4. The maximum atomic E-state index is 12.8. The molecule has 1 amide bonds. The molecule has 0 atom stereocenters. The zero-order chi connectivity index (χ0) is 21.5. The molecule has 0 fully saturated rings. The molecule has 5 aromatic rings. The van der Waals surface area contributed by atoms with Crippen LogP contribution in [0.2, 0.25) is 0 Å². The van der Waals surface area contributed by atoms with Crippen LogP contribution >= 0.6 is 11.3 Å². The molecular weight excluding hydrogens is 404 g/mol. The minimum atomic E-state index is -0.0794. The Bertz CT molecular complexity index is 1410. The predicted molar refractivity (Wildman–Crippen MR) is 127 cm³/mol. The number of hydrogen-bond acceptors (Lipinski definition) is 4. The fourth-order valence-electron chi connectivity index (χ4n) is 3.71. The molecule has 5 rings (SSSR count). The fourth-order valence-corrected chi connectivity index (χ4v) is 4.73. The summed E-state index contributed by atoms with van der Waals surface area (Å²) in [4.78, 5) is 17.6. The van der Waals surface area contributed by atoms with Crippen LogP contribution in [0.4, 0.5) is 5.82 Å². The third-order valence-corrected chi connectivity index (χ3v) is 6.45. The van der Waals surface area contributed by atoms with Crippen molar-refractivity contribution < 1.29 is 4.79 Å². The molecule has 2 aromatic heterocycles. The molecule has 31 heavy (non-hydrogen) atoms. The van der Waals surface area contributed by atoms with Crippen molar-refractivity contribution in [2.45, 2.75) is 27.2 Å². The highest BCUT2D eigenvalue weighted by Gasteiger charge is 2.15. The van der Waals surface area contributed by atoms with Gasteiger partial charge in [0, 0.05) is 6.07 Å². The Hall–Kier alpha value is -3.51. The summed E-state index contributed by atoms with van der Waals surface area (Å²) in [5.41, 5.74) is 5.20. The lowest BCUT2D eigenvalue weighted by Crippen LogP contribution is -2.17. The summed E-state index contributed by atoms with van der Waals surface area (Å²) in [6, 6.07) is 20.4. The first-order valence-electron chi connectivity index (χ1n) is 10.2. The molecule has 0 saturated heterocycles. The monoisotopic (exact) mass is 426 g/mol. The van der Waals surface area contributed by atoms with Gasteiger partial charge in [-0.25, -0.2) is 4.98 Å². The zero-order valence-corrected chi connectivity index (χ0v) is 18.5. The number of benzene rings is 3. The summed E-state index contributed by atoms with van der Waals surface area (Å²) in [6.45, 7) is 6.10. The average Bonchev–Trinajstić information content (AvgIpc) is 3.30. The lowest BCUT2D eigenvalue weighted by atomic mass is 10.1. The Kier molecular flexibility index (Phi) is 4.79. The predicted octanol–water partition coefficient (Wildman–Crippen LogP) is 5.74. The second-order valence-corrected chi connectivity index (χ2v) is 8.90. The number of nitrogens with zero attached hydrogens (tertiary/aromatic N) is 3. The molecule has 0 bridgehead atoms. The van der Waals surface area contributed by atoms with Crippen LogP contribution in [0.15, 0.2) is 60.7 Å². The third kappa shape index (κ3) is 3.82. The van der Waals surface area contributed by atoms with Crippen LogP contribution in [0.1, 0.15) is 22.4 Å². The Morgan fingerprint density at radius 2 is 1.74 bits per heavy atom. The van der Waals surface area contributed by atoms with E-state index in [1.165, 1.54) is 16.5 Å². The molecule has 6 heteroatoms. The maximum Gasteiger partial charge on any atom is 0.229 e. The highest BCUT2D eigenvalue weighted by atomic mass is 32.1. The summed E-state index contributed by atoms with van der Waals surface area (Å²) >= 11 is 1.57. The summed E-state index contributed by atoms with van der Waals surface area (Å²) in [5.74, 6) is 0.556. The summed E-state index contributed by atoms with van der Waals surface area (Å²) in [5, 5.41) is 10.6. The standard InChI is InChI=1S/C25H22N4OS/c1-15-10-21-22(11-16(15)2)31-25(26-21)29-23(12-17(3)28-29)27-24(30)14-18-8-9-19-6-4-5-7-20(19)13-18/h4-13H,14H2,1-3H3,(H,27,30). The number of thiazole rings is 1. The van der Waals surface area contributed by atoms with Crippen molar-refractivity contribution in [2.24, 2.45) is 0 Å². The second kappa shape index (κ2) is 7.63. The van der Waals surface area contributed by atoms with Crippen LogP contribution in [-0.2, 0) is 11.2 Å². The summed E-state index contributed by atoms with van der Waals surface area (Å²) in [7, 11) is 0. The van der Waals surface area contributed by atoms with Crippen LogP contribution in [0, 0.1) is 20.8 Å². The van der Waals surface area contributed by atoms with Crippen molar-refractivity contribution in [1.82, 2.24) is 14.8 Å². The third-order valence-electron chi connectivity index (χ3n) is 5.45. The molecular formula is C25H22N4OS. The van der Waals surface area contributed by atoms with Gasteiger partial charge in [-0.15, -0.1) is 0 Å². The van der Waals surface area contributed by atoms with E-state index in [2.05, 4.69) is 60.7 Å². The first-order valence-corrected chi connectivity index (χ1v) is 11.0. The molecule has 0 spiro atoms. The fraction of sp³-hybridized carbons (Fsp3) is 0.160. The van der Waals surface area contributed by atoms with Gasteiger partial charge in [-0.05, 0) is 60.4 Å². The van der Waals surface area contributed by atoms with Crippen molar-refractivity contribution in [2.75, 3.05) is 5.32 Å². The van der Waals surface area contributed by atoms with Crippen LogP contribution in [0.5, 0.6) is 0 Å². The van der Waals surface area contributed by atoms with Crippen molar-refractivity contribution in [3.8, 4) is 5.13 Å². The summed E-state index contributed by atoms with van der Waals surface area (Å²) < 4.78 is 2.84. The smallest absolute Gasteiger partial charge is 0.229 e. The van der Waals surface area contributed by atoms with Gasteiger partial charge in [0.15, 0.2) is 0 Å². The van der Waals surface area contributed by atoms with Crippen molar-refractivity contribution in [3.63, 3.8) is 0 Å². The number of fused-ring (bicyclic) bond motifs is 2. The molecule has 0 unspecified atom stereocenters. The number of aryl methyl sites for hydroxylation is 3. The van der Waals surface area contributed by atoms with Gasteiger partial charge in [0.2, 0.25) is 11.0 Å². The van der Waals surface area contributed by atoms with E-state index in [-0.39, 0.29) is 5.91 Å². The number of hydrogen-bond donors (Lipinski definition) is 1. The van der Waals surface area contributed by atoms with Gasteiger partial charge in [0.1, 0.15) is 5.82 Å². The average molecular weight is 427 g/mol. The van der Waals surface area contributed by atoms with E-state index in [0.717, 1.165) is 32.0 Å². The van der Waals surface area contributed by atoms with Crippen molar-refractivity contribution in [1.29, 1.82) is 0 Å². The SMILES string of the molecule is Cc1cc(NC(=O)Cc2ccc3ccccc3c2)n(-c2nc3cc(C)c(C)cc3s2)n1. The molecule has 0 saturated carbocycles. The molecule has 0 aliphatic carbocycles. The van der Waals surface area contributed by atoms with Crippen molar-refractivity contribution >= 4 is 44.1 Å².